The molecule has 24 heavy (non-hydrogen) atoms. The minimum Gasteiger partial charge on any atom is -0.493 e. The average molecular weight is 328 g/mol. The van der Waals surface area contributed by atoms with Crippen LogP contribution in [0.2, 0.25) is 0 Å². The number of nitriles is 1. The van der Waals surface area contributed by atoms with Crippen LogP contribution < -0.4 is 15.2 Å². The molecule has 0 saturated carbocycles. The molecule has 0 amide bonds. The van der Waals surface area contributed by atoms with E-state index in [4.69, 9.17) is 19.9 Å². The number of methoxy groups -OCH3 is 2. The van der Waals surface area contributed by atoms with Crippen LogP contribution in [-0.4, -0.2) is 26.2 Å². The maximum atomic E-state index is 12.5. The number of carbonyl (C=O) groups is 1. The van der Waals surface area contributed by atoms with E-state index in [9.17, 15) is 10.1 Å². The third-order valence-corrected chi connectivity index (χ3v) is 4.63. The van der Waals surface area contributed by atoms with Gasteiger partial charge in [-0.25, -0.2) is 0 Å². The van der Waals surface area contributed by atoms with Gasteiger partial charge < -0.3 is 14.2 Å². The van der Waals surface area contributed by atoms with Gasteiger partial charge >= 0.3 is 0 Å². The van der Waals surface area contributed by atoms with Crippen LogP contribution >= 0.6 is 0 Å². The monoisotopic (exact) mass is 328 g/mol. The Bertz CT molecular complexity index is 735. The zero-order chi connectivity index (χ0) is 17.3. The van der Waals surface area contributed by atoms with E-state index < -0.39 is 18.1 Å². The Hall–Kier alpha value is -2.52. The molecule has 6 nitrogen and oxygen atoms in total. The molecule has 6 heteroatoms. The molecule has 0 bridgehead atoms. The van der Waals surface area contributed by atoms with Crippen molar-refractivity contribution in [3.63, 3.8) is 0 Å². The molecule has 0 saturated heterocycles. The number of ether oxygens (including phenoxy) is 3. The molecule has 1 aliphatic carbocycles. The lowest BCUT2D eigenvalue weighted by Gasteiger charge is -2.37. The van der Waals surface area contributed by atoms with E-state index in [1.54, 1.807) is 26.4 Å². The molecule has 126 valence electrons. The Kier molecular flexibility index (Phi) is 4.45. The molecular weight excluding hydrogens is 308 g/mol. The zero-order valence-corrected chi connectivity index (χ0v) is 13.7. The second-order valence-electron chi connectivity index (χ2n) is 5.94. The van der Waals surface area contributed by atoms with Gasteiger partial charge in [-0.2, -0.15) is 5.26 Å². The fraction of sp³-hybridized carbons (Fsp3) is 0.444. The second-order valence-corrected chi connectivity index (χ2v) is 5.94. The van der Waals surface area contributed by atoms with Crippen molar-refractivity contribution in [3.8, 4) is 17.6 Å². The van der Waals surface area contributed by atoms with Gasteiger partial charge in [-0.05, 0) is 24.1 Å². The minimum absolute atomic E-state index is 0.0307. The first-order chi connectivity index (χ1) is 11.6. The number of rotatable bonds is 3. The molecule has 3 atom stereocenters. The number of Topliss-reactive ketones (excluding diaryl/α,β-unsaturated/α-hetero) is 1. The normalized spacial score (nSPS) is 26.2. The SMILES string of the molecule is COc1ccc([C@@H]2C3=C(CCCC3=O)O[C@H](N)[C@H]2C#N)cc1OC. The summed E-state index contributed by atoms with van der Waals surface area (Å²) in [7, 11) is 3.11. The molecule has 0 aromatic heterocycles. The largest absolute Gasteiger partial charge is 0.493 e. The van der Waals surface area contributed by atoms with Gasteiger partial charge in [0.15, 0.2) is 23.5 Å². The molecular formula is C18H20N2O4. The third-order valence-electron chi connectivity index (χ3n) is 4.63. The maximum Gasteiger partial charge on any atom is 0.164 e. The summed E-state index contributed by atoms with van der Waals surface area (Å²) in [6.07, 6.45) is 1.15. The first-order valence-electron chi connectivity index (χ1n) is 7.90. The molecule has 0 spiro atoms. The standard InChI is InChI=1S/C18H20N2O4/c1-22-13-7-6-10(8-15(13)23-2)16-11(9-19)18(20)24-14-5-3-4-12(21)17(14)16/h6-8,11,16,18H,3-5,20H2,1-2H3/t11-,16-,18-/m0/s1. The molecule has 2 aliphatic rings. The van der Waals surface area contributed by atoms with Crippen molar-refractivity contribution in [2.75, 3.05) is 14.2 Å². The van der Waals surface area contributed by atoms with Crippen molar-refractivity contribution in [2.45, 2.75) is 31.4 Å². The lowest BCUT2D eigenvalue weighted by atomic mass is 9.73. The van der Waals surface area contributed by atoms with Gasteiger partial charge in [0.05, 0.1) is 20.3 Å². The molecule has 0 fully saturated rings. The Morgan fingerprint density at radius 1 is 1.25 bits per heavy atom. The van der Waals surface area contributed by atoms with Gasteiger partial charge in [0.25, 0.3) is 0 Å². The Morgan fingerprint density at radius 3 is 2.67 bits per heavy atom. The van der Waals surface area contributed by atoms with Crippen molar-refractivity contribution in [2.24, 2.45) is 11.7 Å². The van der Waals surface area contributed by atoms with Gasteiger partial charge in [-0.15, -0.1) is 0 Å². The lowest BCUT2D eigenvalue weighted by Crippen LogP contribution is -2.42. The lowest BCUT2D eigenvalue weighted by molar-refractivity contribution is -0.117. The first kappa shape index (κ1) is 16.3. The van der Waals surface area contributed by atoms with Gasteiger partial charge in [0, 0.05) is 24.3 Å². The molecule has 1 heterocycles. The number of hydrogen-bond acceptors (Lipinski definition) is 6. The summed E-state index contributed by atoms with van der Waals surface area (Å²) in [5.74, 6) is 0.755. The van der Waals surface area contributed by atoms with E-state index >= 15 is 0 Å². The summed E-state index contributed by atoms with van der Waals surface area (Å²) in [5, 5.41) is 9.60. The molecule has 2 N–H and O–H groups in total. The summed E-state index contributed by atoms with van der Waals surface area (Å²) in [4.78, 5) is 12.5. The predicted octanol–water partition coefficient (Wildman–Crippen LogP) is 2.25. The topological polar surface area (TPSA) is 94.6 Å². The van der Waals surface area contributed by atoms with Crippen molar-refractivity contribution in [3.05, 3.63) is 35.1 Å². The highest BCUT2D eigenvalue weighted by Crippen LogP contribution is 2.45. The highest BCUT2D eigenvalue weighted by Gasteiger charge is 2.43. The van der Waals surface area contributed by atoms with Crippen LogP contribution in [0, 0.1) is 17.2 Å². The summed E-state index contributed by atoms with van der Waals surface area (Å²) in [5.41, 5.74) is 7.44. The molecule has 1 aliphatic heterocycles. The fourth-order valence-electron chi connectivity index (χ4n) is 3.48. The summed E-state index contributed by atoms with van der Waals surface area (Å²) >= 11 is 0. The minimum atomic E-state index is -0.752. The zero-order valence-electron chi connectivity index (χ0n) is 13.7. The molecule has 3 rings (SSSR count). The van der Waals surface area contributed by atoms with Crippen LogP contribution in [0.4, 0.5) is 0 Å². The van der Waals surface area contributed by atoms with Crippen molar-refractivity contribution >= 4 is 5.78 Å². The van der Waals surface area contributed by atoms with Crippen LogP contribution in [0.5, 0.6) is 11.5 Å². The Morgan fingerprint density at radius 2 is 2.00 bits per heavy atom. The number of hydrogen-bond donors (Lipinski definition) is 1. The quantitative estimate of drug-likeness (QED) is 0.914. The van der Waals surface area contributed by atoms with E-state index in [1.807, 2.05) is 6.07 Å². The summed E-state index contributed by atoms with van der Waals surface area (Å²) < 4.78 is 16.3. The van der Waals surface area contributed by atoms with E-state index in [2.05, 4.69) is 6.07 Å². The van der Waals surface area contributed by atoms with E-state index in [0.717, 1.165) is 12.0 Å². The van der Waals surface area contributed by atoms with Crippen LogP contribution in [0.3, 0.4) is 0 Å². The Labute approximate surface area is 140 Å². The van der Waals surface area contributed by atoms with Gasteiger partial charge in [-0.3, -0.25) is 10.5 Å². The maximum absolute atomic E-state index is 12.5. The van der Waals surface area contributed by atoms with E-state index in [0.29, 0.717) is 35.7 Å². The predicted molar refractivity (Wildman–Crippen MR) is 86.3 cm³/mol. The first-order valence-corrected chi connectivity index (χ1v) is 7.90. The molecule has 0 unspecified atom stereocenters. The summed E-state index contributed by atoms with van der Waals surface area (Å²) in [6.45, 7) is 0. The molecule has 0 radical (unpaired) electrons. The Balaban J connectivity index is 2.14. The number of nitrogens with zero attached hydrogens (tertiary/aromatic N) is 1. The molecule has 1 aromatic rings. The van der Waals surface area contributed by atoms with Crippen LogP contribution in [-0.2, 0) is 9.53 Å². The number of ketones is 1. The number of benzene rings is 1. The fourth-order valence-corrected chi connectivity index (χ4v) is 3.48. The van der Waals surface area contributed by atoms with Crippen molar-refractivity contribution in [1.29, 1.82) is 5.26 Å². The van der Waals surface area contributed by atoms with E-state index in [-0.39, 0.29) is 5.78 Å². The smallest absolute Gasteiger partial charge is 0.164 e. The second kappa shape index (κ2) is 6.54. The van der Waals surface area contributed by atoms with Crippen molar-refractivity contribution < 1.29 is 19.0 Å². The third kappa shape index (κ3) is 2.61. The highest BCUT2D eigenvalue weighted by molar-refractivity contribution is 5.98. The molecule has 1 aromatic carbocycles. The highest BCUT2D eigenvalue weighted by atomic mass is 16.5. The van der Waals surface area contributed by atoms with Gasteiger partial charge in [0.1, 0.15) is 11.7 Å². The number of allylic oxidation sites excluding steroid dienone is 2. The van der Waals surface area contributed by atoms with Crippen LogP contribution in [0.15, 0.2) is 29.5 Å². The summed E-state index contributed by atoms with van der Waals surface area (Å²) in [6, 6.07) is 7.64. The van der Waals surface area contributed by atoms with Crippen molar-refractivity contribution in [1.82, 2.24) is 0 Å². The average Bonchev–Trinajstić information content (AvgIpc) is 2.60. The van der Waals surface area contributed by atoms with Gasteiger partial charge in [-0.1, -0.05) is 6.07 Å². The number of carbonyl (C=O) groups excluding carboxylic acids is 1. The van der Waals surface area contributed by atoms with Crippen LogP contribution in [0.1, 0.15) is 30.7 Å². The van der Waals surface area contributed by atoms with Crippen LogP contribution in [0.25, 0.3) is 0 Å². The number of nitrogens with two attached hydrogens (primary N) is 1. The van der Waals surface area contributed by atoms with Gasteiger partial charge in [0.2, 0.25) is 0 Å². The van der Waals surface area contributed by atoms with E-state index in [1.165, 1.54) is 0 Å².